The van der Waals surface area contributed by atoms with Crippen molar-refractivity contribution in [2.45, 2.75) is 12.5 Å². The Morgan fingerprint density at radius 3 is 2.31 bits per heavy atom. The molecule has 0 aliphatic carbocycles. The molecule has 0 heterocycles. The van der Waals surface area contributed by atoms with Crippen LogP contribution in [0.25, 0.3) is 0 Å². The number of ether oxygens (including phenoxy) is 1. The highest BCUT2D eigenvalue weighted by Crippen LogP contribution is 2.14. The SMILES string of the molecule is COC(=O)Cc1ccc([C@@H](O)C(=O)O)cc1. The van der Waals surface area contributed by atoms with Crippen molar-refractivity contribution in [3.8, 4) is 0 Å². The molecule has 5 heteroatoms. The number of carbonyl (C=O) groups excluding carboxylic acids is 1. The summed E-state index contributed by atoms with van der Waals surface area (Å²) in [6.45, 7) is 0. The highest BCUT2D eigenvalue weighted by Gasteiger charge is 2.15. The van der Waals surface area contributed by atoms with E-state index < -0.39 is 12.1 Å². The number of esters is 1. The summed E-state index contributed by atoms with van der Waals surface area (Å²) < 4.78 is 4.49. The zero-order valence-electron chi connectivity index (χ0n) is 8.71. The number of hydrogen-bond acceptors (Lipinski definition) is 4. The molecule has 0 aliphatic rings. The zero-order valence-corrected chi connectivity index (χ0v) is 8.71. The summed E-state index contributed by atoms with van der Waals surface area (Å²) in [5.41, 5.74) is 0.981. The molecule has 2 N–H and O–H groups in total. The molecular weight excluding hydrogens is 212 g/mol. The van der Waals surface area contributed by atoms with Crippen LogP contribution in [0.5, 0.6) is 0 Å². The molecule has 0 aliphatic heterocycles. The van der Waals surface area contributed by atoms with Gasteiger partial charge in [-0.1, -0.05) is 24.3 Å². The third-order valence-corrected chi connectivity index (χ3v) is 2.11. The second kappa shape index (κ2) is 5.27. The summed E-state index contributed by atoms with van der Waals surface area (Å²) in [5.74, 6) is -1.67. The van der Waals surface area contributed by atoms with Crippen molar-refractivity contribution in [1.29, 1.82) is 0 Å². The predicted molar refractivity (Wildman–Crippen MR) is 54.8 cm³/mol. The van der Waals surface area contributed by atoms with Crippen LogP contribution in [-0.2, 0) is 20.7 Å². The number of methoxy groups -OCH3 is 1. The summed E-state index contributed by atoms with van der Waals surface area (Å²) in [7, 11) is 1.30. The number of aliphatic hydroxyl groups is 1. The van der Waals surface area contributed by atoms with E-state index in [2.05, 4.69) is 4.74 Å². The van der Waals surface area contributed by atoms with E-state index in [0.29, 0.717) is 5.56 Å². The van der Waals surface area contributed by atoms with E-state index in [1.165, 1.54) is 19.2 Å². The molecule has 86 valence electrons. The molecular formula is C11H12O5. The standard InChI is InChI=1S/C11H12O5/c1-16-9(12)6-7-2-4-8(5-3-7)10(13)11(14)15/h2-5,10,13H,6H2,1H3,(H,14,15)/t10-/m1/s1. The van der Waals surface area contributed by atoms with Gasteiger partial charge in [-0.05, 0) is 11.1 Å². The summed E-state index contributed by atoms with van der Waals surface area (Å²) in [6.07, 6.45) is -1.41. The summed E-state index contributed by atoms with van der Waals surface area (Å²) >= 11 is 0. The molecule has 16 heavy (non-hydrogen) atoms. The van der Waals surface area contributed by atoms with E-state index >= 15 is 0 Å². The molecule has 1 rings (SSSR count). The minimum absolute atomic E-state index is 0.125. The smallest absolute Gasteiger partial charge is 0.337 e. The van der Waals surface area contributed by atoms with Gasteiger partial charge in [0, 0.05) is 0 Å². The molecule has 0 radical (unpaired) electrons. The first-order valence-corrected chi connectivity index (χ1v) is 4.61. The number of aliphatic hydroxyl groups excluding tert-OH is 1. The maximum Gasteiger partial charge on any atom is 0.337 e. The molecule has 0 saturated heterocycles. The Labute approximate surface area is 92.3 Å². The Morgan fingerprint density at radius 1 is 1.31 bits per heavy atom. The first-order chi connectivity index (χ1) is 7.54. The second-order valence-electron chi connectivity index (χ2n) is 3.24. The lowest BCUT2D eigenvalue weighted by Crippen LogP contribution is -2.10. The Morgan fingerprint density at radius 2 is 1.88 bits per heavy atom. The van der Waals surface area contributed by atoms with E-state index in [0.717, 1.165) is 0 Å². The molecule has 0 amide bonds. The first-order valence-electron chi connectivity index (χ1n) is 4.61. The van der Waals surface area contributed by atoms with Gasteiger partial charge in [-0.2, -0.15) is 0 Å². The Hall–Kier alpha value is -1.88. The van der Waals surface area contributed by atoms with Crippen LogP contribution in [0.4, 0.5) is 0 Å². The van der Waals surface area contributed by atoms with Crippen LogP contribution < -0.4 is 0 Å². The van der Waals surface area contributed by atoms with Crippen molar-refractivity contribution in [3.05, 3.63) is 35.4 Å². The van der Waals surface area contributed by atoms with Gasteiger partial charge in [0.2, 0.25) is 0 Å². The number of carboxylic acid groups (broad SMARTS) is 1. The molecule has 0 spiro atoms. The monoisotopic (exact) mass is 224 g/mol. The number of carbonyl (C=O) groups is 2. The topological polar surface area (TPSA) is 83.8 Å². The molecule has 5 nitrogen and oxygen atoms in total. The minimum Gasteiger partial charge on any atom is -0.479 e. The van der Waals surface area contributed by atoms with Crippen molar-refractivity contribution in [3.63, 3.8) is 0 Å². The fraction of sp³-hybridized carbons (Fsp3) is 0.273. The Kier molecular flexibility index (Phi) is 4.02. The maximum atomic E-state index is 10.9. The molecule has 0 bridgehead atoms. The number of aliphatic carboxylic acids is 1. The van der Waals surface area contributed by atoms with Crippen LogP contribution in [0.15, 0.2) is 24.3 Å². The largest absolute Gasteiger partial charge is 0.479 e. The normalized spacial score (nSPS) is 11.9. The van der Waals surface area contributed by atoms with Gasteiger partial charge in [0.1, 0.15) is 0 Å². The van der Waals surface area contributed by atoms with Crippen LogP contribution in [0, 0.1) is 0 Å². The summed E-state index contributed by atoms with van der Waals surface area (Å²) in [5, 5.41) is 17.8. The fourth-order valence-electron chi connectivity index (χ4n) is 1.20. The van der Waals surface area contributed by atoms with Crippen molar-refractivity contribution in [1.82, 2.24) is 0 Å². The second-order valence-corrected chi connectivity index (χ2v) is 3.24. The Balaban J connectivity index is 2.75. The summed E-state index contributed by atoms with van der Waals surface area (Å²) in [4.78, 5) is 21.4. The van der Waals surface area contributed by atoms with Gasteiger partial charge in [-0.3, -0.25) is 4.79 Å². The van der Waals surface area contributed by atoms with E-state index in [4.69, 9.17) is 5.11 Å². The summed E-state index contributed by atoms with van der Waals surface area (Å²) in [6, 6.07) is 6.10. The van der Waals surface area contributed by atoms with Crippen LogP contribution in [0.2, 0.25) is 0 Å². The van der Waals surface area contributed by atoms with Gasteiger partial charge in [0.25, 0.3) is 0 Å². The molecule has 0 unspecified atom stereocenters. The lowest BCUT2D eigenvalue weighted by atomic mass is 10.1. The molecule has 0 fully saturated rings. The van der Waals surface area contributed by atoms with Crippen LogP contribution in [0.3, 0.4) is 0 Å². The highest BCUT2D eigenvalue weighted by atomic mass is 16.5. The molecule has 1 aromatic rings. The van der Waals surface area contributed by atoms with Crippen LogP contribution in [-0.4, -0.2) is 29.3 Å². The fourth-order valence-corrected chi connectivity index (χ4v) is 1.20. The van der Waals surface area contributed by atoms with Gasteiger partial charge in [-0.15, -0.1) is 0 Å². The van der Waals surface area contributed by atoms with Gasteiger partial charge in [-0.25, -0.2) is 4.79 Å². The third kappa shape index (κ3) is 3.06. The van der Waals surface area contributed by atoms with E-state index in [1.807, 2.05) is 0 Å². The van der Waals surface area contributed by atoms with E-state index in [-0.39, 0.29) is 18.0 Å². The van der Waals surface area contributed by atoms with E-state index in [1.54, 1.807) is 12.1 Å². The average Bonchev–Trinajstić information content (AvgIpc) is 2.28. The van der Waals surface area contributed by atoms with Gasteiger partial charge < -0.3 is 14.9 Å². The molecule has 0 aromatic heterocycles. The predicted octanol–water partition coefficient (Wildman–Crippen LogP) is 0.520. The van der Waals surface area contributed by atoms with Crippen LogP contribution >= 0.6 is 0 Å². The molecule has 1 aromatic carbocycles. The Bertz CT molecular complexity index is 382. The van der Waals surface area contributed by atoms with Gasteiger partial charge >= 0.3 is 11.9 Å². The van der Waals surface area contributed by atoms with Crippen molar-refractivity contribution in [2.24, 2.45) is 0 Å². The zero-order chi connectivity index (χ0) is 12.1. The van der Waals surface area contributed by atoms with E-state index in [9.17, 15) is 14.7 Å². The van der Waals surface area contributed by atoms with Gasteiger partial charge in [0.05, 0.1) is 13.5 Å². The maximum absolute atomic E-state index is 10.9. The van der Waals surface area contributed by atoms with Gasteiger partial charge in [0.15, 0.2) is 6.10 Å². The minimum atomic E-state index is -1.54. The number of carboxylic acids is 1. The van der Waals surface area contributed by atoms with Crippen molar-refractivity contribution in [2.75, 3.05) is 7.11 Å². The number of hydrogen-bond donors (Lipinski definition) is 2. The lowest BCUT2D eigenvalue weighted by Gasteiger charge is -2.06. The number of rotatable bonds is 4. The molecule has 1 atom stereocenters. The first kappa shape index (κ1) is 12.2. The van der Waals surface area contributed by atoms with Crippen LogP contribution in [0.1, 0.15) is 17.2 Å². The molecule has 0 saturated carbocycles. The number of benzene rings is 1. The van der Waals surface area contributed by atoms with Crippen molar-refractivity contribution < 1.29 is 24.5 Å². The lowest BCUT2D eigenvalue weighted by molar-refractivity contribution is -0.147. The third-order valence-electron chi connectivity index (χ3n) is 2.11. The quantitative estimate of drug-likeness (QED) is 0.728. The van der Waals surface area contributed by atoms with Crippen molar-refractivity contribution >= 4 is 11.9 Å². The average molecular weight is 224 g/mol. The highest BCUT2D eigenvalue weighted by molar-refractivity contribution is 5.74.